The quantitative estimate of drug-likeness (QED) is 0.0648. The van der Waals surface area contributed by atoms with Crippen LogP contribution in [0.15, 0.2) is 48.5 Å². The van der Waals surface area contributed by atoms with E-state index in [0.29, 0.717) is 17.9 Å². The van der Waals surface area contributed by atoms with Gasteiger partial charge < -0.3 is 25.0 Å². The van der Waals surface area contributed by atoms with Crippen molar-refractivity contribution in [2.75, 3.05) is 24.3 Å². The zero-order valence-corrected chi connectivity index (χ0v) is 30.3. The lowest BCUT2D eigenvalue weighted by Crippen LogP contribution is -2.49. The second-order valence-corrected chi connectivity index (χ2v) is 12.9. The molecule has 1 heterocycles. The number of methoxy groups -OCH3 is 1. The van der Waals surface area contributed by atoms with Crippen molar-refractivity contribution in [2.45, 2.75) is 129 Å². The van der Waals surface area contributed by atoms with E-state index in [9.17, 15) is 19.2 Å². The van der Waals surface area contributed by atoms with Crippen LogP contribution in [0.5, 0.6) is 5.75 Å². The fourth-order valence-electron chi connectivity index (χ4n) is 6.02. The standard InChI is InChI=1S/C40H56N4O6/c1-4-6-7-8-9-10-11-12-13-14-15-16-17-18-22-25-36(45)41-33-26-27-35(49-3)34(29-33)42-38(47)39(50-28-5-2)44-37(46)31-43(40(44)48)30-32-23-20-19-21-24-32/h19-21,23-24,26-27,29,39H,4,6-18,22,25,30-31H2,1-3H3,(H,41,45)(H,42,47). The number of hydrogen-bond acceptors (Lipinski definition) is 6. The summed E-state index contributed by atoms with van der Waals surface area (Å²) in [6.07, 6.45) is 20.0. The summed E-state index contributed by atoms with van der Waals surface area (Å²) in [6.45, 7) is 3.77. The Morgan fingerprint density at radius 3 is 2.00 bits per heavy atom. The minimum atomic E-state index is -1.64. The Kier molecular flexibility index (Phi) is 18.4. The highest BCUT2D eigenvalue weighted by Crippen LogP contribution is 2.29. The van der Waals surface area contributed by atoms with Crippen molar-refractivity contribution in [1.29, 1.82) is 0 Å². The van der Waals surface area contributed by atoms with E-state index >= 15 is 0 Å². The molecule has 0 saturated carbocycles. The molecule has 2 aromatic rings. The Bertz CT molecular complexity index is 1420. The van der Waals surface area contributed by atoms with E-state index in [1.165, 1.54) is 96.0 Å². The van der Waals surface area contributed by atoms with Gasteiger partial charge in [0.1, 0.15) is 18.4 Å². The molecule has 10 nitrogen and oxygen atoms in total. The largest absolute Gasteiger partial charge is 0.495 e. The normalized spacial score (nSPS) is 13.1. The Balaban J connectivity index is 1.44. The van der Waals surface area contributed by atoms with Crippen LogP contribution in [0, 0.1) is 12.0 Å². The molecule has 1 unspecified atom stereocenters. The SMILES string of the molecule is CC#COC(C(=O)Nc1cc(NC(=O)CCCCCCCCCCCCCCCCC)ccc1OC)N1C(=O)CN(Cc2ccccc2)C1=O. The van der Waals surface area contributed by atoms with E-state index in [1.54, 1.807) is 18.2 Å². The minimum Gasteiger partial charge on any atom is -0.495 e. The fourth-order valence-corrected chi connectivity index (χ4v) is 6.02. The van der Waals surface area contributed by atoms with E-state index in [2.05, 4.69) is 29.6 Å². The first-order chi connectivity index (χ1) is 24.4. The van der Waals surface area contributed by atoms with Crippen molar-refractivity contribution in [1.82, 2.24) is 9.80 Å². The Labute approximate surface area is 298 Å². The topological polar surface area (TPSA) is 117 Å². The Morgan fingerprint density at radius 2 is 1.42 bits per heavy atom. The second-order valence-electron chi connectivity index (χ2n) is 12.9. The molecular weight excluding hydrogens is 632 g/mol. The van der Waals surface area contributed by atoms with Crippen molar-refractivity contribution in [3.63, 3.8) is 0 Å². The average molecular weight is 689 g/mol. The molecule has 50 heavy (non-hydrogen) atoms. The fraction of sp³-hybridized carbons (Fsp3) is 0.550. The second kappa shape index (κ2) is 23.0. The number of unbranched alkanes of at least 4 members (excludes halogenated alkanes) is 14. The van der Waals surface area contributed by atoms with Crippen LogP contribution in [0.4, 0.5) is 16.2 Å². The van der Waals surface area contributed by atoms with Crippen LogP contribution < -0.4 is 15.4 Å². The summed E-state index contributed by atoms with van der Waals surface area (Å²) in [5.74, 6) is 1.36. The number of nitrogens with one attached hydrogen (secondary N) is 2. The van der Waals surface area contributed by atoms with E-state index < -0.39 is 24.1 Å². The van der Waals surface area contributed by atoms with Gasteiger partial charge in [-0.25, -0.2) is 9.69 Å². The van der Waals surface area contributed by atoms with Gasteiger partial charge in [-0.15, -0.1) is 0 Å². The van der Waals surface area contributed by atoms with Crippen LogP contribution in [0.1, 0.15) is 122 Å². The van der Waals surface area contributed by atoms with Gasteiger partial charge in [-0.05, 0) is 30.2 Å². The van der Waals surface area contributed by atoms with Crippen LogP contribution in [-0.4, -0.2) is 53.4 Å². The number of ether oxygens (including phenoxy) is 2. The van der Waals surface area contributed by atoms with Crippen LogP contribution in [-0.2, 0) is 25.7 Å². The van der Waals surface area contributed by atoms with E-state index in [0.717, 1.165) is 29.7 Å². The molecule has 272 valence electrons. The third-order valence-electron chi connectivity index (χ3n) is 8.77. The molecule has 5 amide bonds. The number of benzene rings is 2. The molecule has 0 aliphatic carbocycles. The number of nitrogens with zero attached hydrogens (tertiary/aromatic N) is 2. The maximum absolute atomic E-state index is 13.5. The lowest BCUT2D eigenvalue weighted by Gasteiger charge is -2.24. The highest BCUT2D eigenvalue weighted by Gasteiger charge is 2.45. The first-order valence-corrected chi connectivity index (χ1v) is 18.4. The lowest BCUT2D eigenvalue weighted by atomic mass is 10.0. The van der Waals surface area contributed by atoms with Crippen molar-refractivity contribution in [3.05, 3.63) is 54.1 Å². The van der Waals surface area contributed by atoms with Gasteiger partial charge in [0, 0.05) is 25.6 Å². The molecule has 0 aromatic heterocycles. The molecule has 0 radical (unpaired) electrons. The first kappa shape index (κ1) is 39.9. The molecular formula is C40H56N4O6. The highest BCUT2D eigenvalue weighted by molar-refractivity contribution is 6.07. The van der Waals surface area contributed by atoms with Crippen LogP contribution >= 0.6 is 0 Å². The monoisotopic (exact) mass is 688 g/mol. The number of amides is 5. The third kappa shape index (κ3) is 13.8. The molecule has 1 aliphatic heterocycles. The molecule has 2 N–H and O–H groups in total. The molecule has 10 heteroatoms. The van der Waals surface area contributed by atoms with Gasteiger partial charge in [-0.2, -0.15) is 0 Å². The molecule has 0 bridgehead atoms. The minimum absolute atomic E-state index is 0.117. The van der Waals surface area contributed by atoms with Gasteiger partial charge in [0.2, 0.25) is 5.91 Å². The van der Waals surface area contributed by atoms with Crippen LogP contribution in [0.25, 0.3) is 0 Å². The number of urea groups is 1. The predicted molar refractivity (Wildman–Crippen MR) is 197 cm³/mol. The average Bonchev–Trinajstić information content (AvgIpc) is 3.38. The number of imide groups is 1. The Hall–Kier alpha value is -4.52. The van der Waals surface area contributed by atoms with E-state index in [1.807, 2.05) is 30.3 Å². The van der Waals surface area contributed by atoms with Crippen molar-refractivity contribution < 1.29 is 28.7 Å². The van der Waals surface area contributed by atoms with Crippen molar-refractivity contribution in [3.8, 4) is 17.8 Å². The van der Waals surface area contributed by atoms with Gasteiger partial charge in [0.25, 0.3) is 18.0 Å². The summed E-state index contributed by atoms with van der Waals surface area (Å²) in [6, 6.07) is 13.5. The van der Waals surface area contributed by atoms with Crippen molar-refractivity contribution in [2.24, 2.45) is 0 Å². The molecule has 1 fully saturated rings. The molecule has 3 rings (SSSR count). The number of carbonyl (C=O) groups is 4. The smallest absolute Gasteiger partial charge is 0.331 e. The summed E-state index contributed by atoms with van der Waals surface area (Å²) in [5.41, 5.74) is 1.55. The predicted octanol–water partition coefficient (Wildman–Crippen LogP) is 8.62. The Morgan fingerprint density at radius 1 is 0.820 bits per heavy atom. The zero-order valence-electron chi connectivity index (χ0n) is 30.3. The van der Waals surface area contributed by atoms with Gasteiger partial charge in [0.15, 0.2) is 0 Å². The van der Waals surface area contributed by atoms with Crippen LogP contribution in [0.2, 0.25) is 0 Å². The lowest BCUT2D eigenvalue weighted by molar-refractivity contribution is -0.142. The molecule has 1 atom stereocenters. The summed E-state index contributed by atoms with van der Waals surface area (Å²) in [5, 5.41) is 5.59. The number of hydrogen-bond donors (Lipinski definition) is 2. The van der Waals surface area contributed by atoms with Crippen LogP contribution in [0.3, 0.4) is 0 Å². The molecule has 2 aromatic carbocycles. The summed E-state index contributed by atoms with van der Waals surface area (Å²) in [4.78, 5) is 54.6. The molecule has 0 spiro atoms. The maximum Gasteiger partial charge on any atom is 0.331 e. The summed E-state index contributed by atoms with van der Waals surface area (Å²) in [7, 11) is 1.45. The zero-order chi connectivity index (χ0) is 36.0. The molecule has 1 aliphatic rings. The highest BCUT2D eigenvalue weighted by atomic mass is 16.5. The first-order valence-electron chi connectivity index (χ1n) is 18.4. The third-order valence-corrected chi connectivity index (χ3v) is 8.77. The van der Waals surface area contributed by atoms with E-state index in [-0.39, 0.29) is 24.7 Å². The summed E-state index contributed by atoms with van der Waals surface area (Å²) < 4.78 is 10.8. The van der Waals surface area contributed by atoms with Gasteiger partial charge in [-0.3, -0.25) is 14.4 Å². The van der Waals surface area contributed by atoms with Crippen molar-refractivity contribution >= 4 is 35.1 Å². The van der Waals surface area contributed by atoms with Gasteiger partial charge in [0.05, 0.1) is 12.8 Å². The van der Waals surface area contributed by atoms with Gasteiger partial charge >= 0.3 is 6.03 Å². The maximum atomic E-state index is 13.5. The van der Waals surface area contributed by atoms with E-state index in [4.69, 9.17) is 9.47 Å². The number of carbonyl (C=O) groups excluding carboxylic acids is 4. The molecule has 1 saturated heterocycles. The van der Waals surface area contributed by atoms with Gasteiger partial charge in [-0.1, -0.05) is 133 Å². The number of rotatable bonds is 24. The summed E-state index contributed by atoms with van der Waals surface area (Å²) >= 11 is 0. The number of anilines is 2.